The van der Waals surface area contributed by atoms with E-state index in [1.165, 1.54) is 5.56 Å². The van der Waals surface area contributed by atoms with Crippen molar-refractivity contribution in [1.29, 1.82) is 0 Å². The molecule has 0 fully saturated rings. The number of allylic oxidation sites excluding steroid dienone is 1. The normalized spacial score (nSPS) is 10.2. The zero-order valence-corrected chi connectivity index (χ0v) is 12.9. The van der Waals surface area contributed by atoms with Crippen molar-refractivity contribution in [3.63, 3.8) is 0 Å². The van der Waals surface area contributed by atoms with Gasteiger partial charge >= 0.3 is 0 Å². The van der Waals surface area contributed by atoms with Crippen molar-refractivity contribution in [1.82, 2.24) is 14.9 Å². The van der Waals surface area contributed by atoms with Crippen LogP contribution >= 0.6 is 0 Å². The Morgan fingerprint density at radius 3 is 2.73 bits per heavy atom. The molecule has 1 aromatic heterocycles. The van der Waals surface area contributed by atoms with Gasteiger partial charge in [-0.25, -0.2) is 4.98 Å². The standard InChI is InChI=1S/C18H21N3O/c1-4-10-21-16(13-20-18(22)14(2)3)12-19-17(21)11-15-8-6-5-7-9-15/h4-9,12H,1-2,10-11,13H2,3H3,(H,20,22). The third-order valence-electron chi connectivity index (χ3n) is 3.36. The lowest BCUT2D eigenvalue weighted by atomic mass is 10.1. The second-order valence-corrected chi connectivity index (χ2v) is 5.19. The van der Waals surface area contributed by atoms with E-state index in [0.29, 0.717) is 18.7 Å². The summed E-state index contributed by atoms with van der Waals surface area (Å²) in [5.74, 6) is 0.821. The van der Waals surface area contributed by atoms with Crippen LogP contribution in [0.25, 0.3) is 0 Å². The molecule has 0 radical (unpaired) electrons. The first-order valence-electron chi connectivity index (χ1n) is 7.23. The van der Waals surface area contributed by atoms with Crippen molar-refractivity contribution < 1.29 is 4.79 Å². The second-order valence-electron chi connectivity index (χ2n) is 5.19. The number of rotatable bonds is 7. The molecule has 1 N–H and O–H groups in total. The number of aromatic nitrogens is 2. The minimum absolute atomic E-state index is 0.143. The summed E-state index contributed by atoms with van der Waals surface area (Å²) < 4.78 is 2.08. The maximum Gasteiger partial charge on any atom is 0.246 e. The van der Waals surface area contributed by atoms with Crippen LogP contribution in [0, 0.1) is 0 Å². The SMILES string of the molecule is C=CCn1c(CNC(=O)C(=C)C)cnc1Cc1ccccc1. The lowest BCUT2D eigenvalue weighted by Gasteiger charge is -2.11. The Bertz CT molecular complexity index is 671. The van der Waals surface area contributed by atoms with E-state index in [9.17, 15) is 4.79 Å². The minimum atomic E-state index is -0.143. The molecule has 4 nitrogen and oxygen atoms in total. The molecular weight excluding hydrogens is 274 g/mol. The molecule has 0 bridgehead atoms. The van der Waals surface area contributed by atoms with Crippen LogP contribution in [-0.2, 0) is 24.3 Å². The highest BCUT2D eigenvalue weighted by molar-refractivity contribution is 5.91. The number of benzene rings is 1. The monoisotopic (exact) mass is 295 g/mol. The molecule has 0 aliphatic heterocycles. The molecule has 2 rings (SSSR count). The summed E-state index contributed by atoms with van der Waals surface area (Å²) >= 11 is 0. The van der Waals surface area contributed by atoms with E-state index in [4.69, 9.17) is 0 Å². The number of imidazole rings is 1. The maximum atomic E-state index is 11.6. The molecule has 0 saturated carbocycles. The number of carbonyl (C=O) groups is 1. The van der Waals surface area contributed by atoms with Crippen LogP contribution in [0.2, 0.25) is 0 Å². The predicted octanol–water partition coefficient (Wildman–Crippen LogP) is 2.85. The van der Waals surface area contributed by atoms with Crippen molar-refractivity contribution in [2.24, 2.45) is 0 Å². The highest BCUT2D eigenvalue weighted by atomic mass is 16.1. The lowest BCUT2D eigenvalue weighted by Crippen LogP contribution is -2.24. The topological polar surface area (TPSA) is 46.9 Å². The zero-order chi connectivity index (χ0) is 15.9. The molecule has 0 spiro atoms. The van der Waals surface area contributed by atoms with Gasteiger partial charge in [-0.2, -0.15) is 0 Å². The van der Waals surface area contributed by atoms with Crippen molar-refractivity contribution >= 4 is 5.91 Å². The van der Waals surface area contributed by atoms with Crippen LogP contribution in [0.15, 0.2) is 61.3 Å². The molecule has 0 saturated heterocycles. The summed E-state index contributed by atoms with van der Waals surface area (Å²) in [4.78, 5) is 16.1. The van der Waals surface area contributed by atoms with Crippen molar-refractivity contribution in [2.75, 3.05) is 0 Å². The van der Waals surface area contributed by atoms with E-state index in [2.05, 4.69) is 40.2 Å². The number of nitrogens with one attached hydrogen (secondary N) is 1. The number of hydrogen-bond donors (Lipinski definition) is 1. The Morgan fingerprint density at radius 2 is 2.09 bits per heavy atom. The van der Waals surface area contributed by atoms with Crippen LogP contribution in [0.3, 0.4) is 0 Å². The van der Waals surface area contributed by atoms with Crippen LogP contribution in [-0.4, -0.2) is 15.5 Å². The van der Waals surface area contributed by atoms with Crippen LogP contribution in [0.4, 0.5) is 0 Å². The summed E-state index contributed by atoms with van der Waals surface area (Å²) in [7, 11) is 0. The Labute approximate surface area is 131 Å². The minimum Gasteiger partial charge on any atom is -0.347 e. The van der Waals surface area contributed by atoms with Gasteiger partial charge in [0, 0.05) is 18.5 Å². The van der Waals surface area contributed by atoms with Gasteiger partial charge in [-0.05, 0) is 12.5 Å². The molecule has 1 aromatic carbocycles. The van der Waals surface area contributed by atoms with Gasteiger partial charge in [0.25, 0.3) is 0 Å². The Kier molecular flexibility index (Phi) is 5.31. The average Bonchev–Trinajstić information content (AvgIpc) is 2.88. The number of carbonyl (C=O) groups excluding carboxylic acids is 1. The molecule has 2 aromatic rings. The van der Waals surface area contributed by atoms with Crippen LogP contribution in [0.5, 0.6) is 0 Å². The first kappa shape index (κ1) is 15.8. The second kappa shape index (κ2) is 7.41. The third kappa shape index (κ3) is 3.95. The van der Waals surface area contributed by atoms with Gasteiger partial charge in [-0.1, -0.05) is 43.0 Å². The van der Waals surface area contributed by atoms with Crippen molar-refractivity contribution in [3.05, 3.63) is 78.4 Å². The summed E-state index contributed by atoms with van der Waals surface area (Å²) in [5, 5.41) is 2.84. The van der Waals surface area contributed by atoms with Crippen molar-refractivity contribution in [3.8, 4) is 0 Å². The van der Waals surface area contributed by atoms with Gasteiger partial charge in [0.1, 0.15) is 5.82 Å². The quantitative estimate of drug-likeness (QED) is 0.630. The zero-order valence-electron chi connectivity index (χ0n) is 12.9. The molecule has 1 heterocycles. The van der Waals surface area contributed by atoms with Gasteiger partial charge in [-0.3, -0.25) is 4.79 Å². The summed E-state index contributed by atoms with van der Waals surface area (Å²) in [6, 6.07) is 10.2. The molecular formula is C18H21N3O. The fourth-order valence-corrected chi connectivity index (χ4v) is 2.19. The highest BCUT2D eigenvalue weighted by Crippen LogP contribution is 2.12. The Morgan fingerprint density at radius 1 is 1.36 bits per heavy atom. The van der Waals surface area contributed by atoms with E-state index < -0.39 is 0 Å². The summed E-state index contributed by atoms with van der Waals surface area (Å²) in [6.07, 6.45) is 4.39. The van der Waals surface area contributed by atoms with E-state index in [0.717, 1.165) is 17.9 Å². The van der Waals surface area contributed by atoms with Gasteiger partial charge in [0.05, 0.1) is 18.4 Å². The molecule has 22 heavy (non-hydrogen) atoms. The predicted molar refractivity (Wildman–Crippen MR) is 88.3 cm³/mol. The number of nitrogens with zero attached hydrogens (tertiary/aromatic N) is 2. The Balaban J connectivity index is 2.16. The molecule has 1 amide bonds. The maximum absolute atomic E-state index is 11.6. The van der Waals surface area contributed by atoms with Gasteiger partial charge in [0.2, 0.25) is 5.91 Å². The fraction of sp³-hybridized carbons (Fsp3) is 0.222. The molecule has 0 aliphatic rings. The van der Waals surface area contributed by atoms with E-state index in [-0.39, 0.29) is 5.91 Å². The fourth-order valence-electron chi connectivity index (χ4n) is 2.19. The lowest BCUT2D eigenvalue weighted by molar-refractivity contribution is -0.117. The Hall–Kier alpha value is -2.62. The largest absolute Gasteiger partial charge is 0.347 e. The van der Waals surface area contributed by atoms with Crippen LogP contribution in [0.1, 0.15) is 24.0 Å². The third-order valence-corrected chi connectivity index (χ3v) is 3.36. The van der Waals surface area contributed by atoms with E-state index >= 15 is 0 Å². The molecule has 114 valence electrons. The first-order chi connectivity index (χ1) is 10.6. The summed E-state index contributed by atoms with van der Waals surface area (Å²) in [5.41, 5.74) is 2.66. The number of amides is 1. The van der Waals surface area contributed by atoms with Crippen molar-refractivity contribution in [2.45, 2.75) is 26.4 Å². The van der Waals surface area contributed by atoms with Gasteiger partial charge in [0.15, 0.2) is 0 Å². The first-order valence-corrected chi connectivity index (χ1v) is 7.23. The molecule has 4 heteroatoms. The molecule has 0 aliphatic carbocycles. The van der Waals surface area contributed by atoms with Gasteiger partial charge < -0.3 is 9.88 Å². The molecule has 0 unspecified atom stereocenters. The highest BCUT2D eigenvalue weighted by Gasteiger charge is 2.11. The molecule has 0 atom stereocenters. The van der Waals surface area contributed by atoms with Crippen LogP contribution < -0.4 is 5.32 Å². The summed E-state index contributed by atoms with van der Waals surface area (Å²) in [6.45, 7) is 10.2. The smallest absolute Gasteiger partial charge is 0.246 e. The average molecular weight is 295 g/mol. The van der Waals surface area contributed by atoms with E-state index in [1.54, 1.807) is 13.1 Å². The van der Waals surface area contributed by atoms with Gasteiger partial charge in [-0.15, -0.1) is 6.58 Å². The van der Waals surface area contributed by atoms with E-state index in [1.807, 2.05) is 24.3 Å². The number of hydrogen-bond acceptors (Lipinski definition) is 2.